The van der Waals surface area contributed by atoms with Crippen LogP contribution in [0.4, 0.5) is 14.6 Å². The molecule has 3 fully saturated rings. The molecule has 0 spiro atoms. The number of hydrogen-bond acceptors (Lipinski definition) is 6. The zero-order chi connectivity index (χ0) is 27.3. The normalized spacial score (nSPS) is 20.9. The maximum absolute atomic E-state index is 13.5. The Kier molecular flexibility index (Phi) is 9.05. The van der Waals surface area contributed by atoms with Crippen LogP contribution in [0.2, 0.25) is 0 Å². The number of nitrogens with one attached hydrogen (secondary N) is 1. The standard InChI is InChI=1S/C24H30F2N4O3.C5H10/c1-15-10-22(27-2)29-12-18(15)16-5-8-30(9-6-16)23(31)19-11-20(32-3)21(13-28-19)33-14-17-4-7-24(17,25)26;1-5-3-2-4-5/h10-13,16-17H,4-9,14H2,1-3H3,(H,27,29);5H,2-4H2,1H3. The Morgan fingerprint density at radius 1 is 1.11 bits per heavy atom. The van der Waals surface area contributed by atoms with Crippen molar-refractivity contribution in [2.45, 2.75) is 70.6 Å². The van der Waals surface area contributed by atoms with E-state index >= 15 is 0 Å². The summed E-state index contributed by atoms with van der Waals surface area (Å²) in [5.41, 5.74) is 2.67. The van der Waals surface area contributed by atoms with Crippen molar-refractivity contribution in [2.75, 3.05) is 39.2 Å². The SMILES string of the molecule is CC1CCC1.CNc1cc(C)c(C2CCN(C(=O)c3cc(OC)c(OCC4CCC4(F)F)cn3)CC2)cn1. The number of halogens is 2. The number of anilines is 1. The molecule has 0 aromatic carbocycles. The smallest absolute Gasteiger partial charge is 0.272 e. The number of piperidine rings is 1. The first kappa shape index (κ1) is 28.0. The molecule has 2 aromatic rings. The molecule has 1 atom stereocenters. The van der Waals surface area contributed by atoms with Crippen molar-refractivity contribution in [2.24, 2.45) is 11.8 Å². The van der Waals surface area contributed by atoms with Gasteiger partial charge in [0.1, 0.15) is 11.5 Å². The Morgan fingerprint density at radius 2 is 1.82 bits per heavy atom. The van der Waals surface area contributed by atoms with E-state index in [0.717, 1.165) is 24.6 Å². The molecule has 38 heavy (non-hydrogen) atoms. The second-order valence-corrected chi connectivity index (χ2v) is 10.8. The number of methoxy groups -OCH3 is 1. The third kappa shape index (κ3) is 6.53. The van der Waals surface area contributed by atoms with Gasteiger partial charge in [-0.05, 0) is 55.2 Å². The van der Waals surface area contributed by atoms with Gasteiger partial charge in [-0.2, -0.15) is 0 Å². The molecule has 2 aliphatic carbocycles. The van der Waals surface area contributed by atoms with E-state index in [1.807, 2.05) is 19.3 Å². The Labute approximate surface area is 224 Å². The minimum Gasteiger partial charge on any atom is -0.493 e. The highest BCUT2D eigenvalue weighted by Gasteiger charge is 2.48. The molecule has 1 saturated heterocycles. The molecule has 1 N–H and O–H groups in total. The predicted molar refractivity (Wildman–Crippen MR) is 143 cm³/mol. The van der Waals surface area contributed by atoms with Crippen LogP contribution >= 0.6 is 0 Å². The van der Waals surface area contributed by atoms with Crippen LogP contribution in [0.15, 0.2) is 24.5 Å². The van der Waals surface area contributed by atoms with Gasteiger partial charge in [0.05, 0.1) is 25.8 Å². The summed E-state index contributed by atoms with van der Waals surface area (Å²) in [6.07, 6.45) is 9.80. The number of ether oxygens (including phenoxy) is 2. The maximum atomic E-state index is 13.5. The second-order valence-electron chi connectivity index (χ2n) is 10.8. The quantitative estimate of drug-likeness (QED) is 0.467. The van der Waals surface area contributed by atoms with Gasteiger partial charge in [0.15, 0.2) is 11.5 Å². The summed E-state index contributed by atoms with van der Waals surface area (Å²) >= 11 is 0. The Hall–Kier alpha value is -2.97. The number of aryl methyl sites for hydroxylation is 1. The number of rotatable bonds is 7. The molecular weight excluding hydrogens is 490 g/mol. The van der Waals surface area contributed by atoms with Crippen LogP contribution in [0.25, 0.3) is 0 Å². The van der Waals surface area contributed by atoms with Crippen molar-refractivity contribution in [1.82, 2.24) is 14.9 Å². The van der Waals surface area contributed by atoms with E-state index in [-0.39, 0.29) is 30.4 Å². The first-order valence-corrected chi connectivity index (χ1v) is 13.7. The summed E-state index contributed by atoms with van der Waals surface area (Å²) in [7, 11) is 3.30. The van der Waals surface area contributed by atoms with E-state index in [4.69, 9.17) is 9.47 Å². The van der Waals surface area contributed by atoms with E-state index in [1.165, 1.54) is 49.8 Å². The first-order valence-electron chi connectivity index (χ1n) is 13.7. The highest BCUT2D eigenvalue weighted by molar-refractivity contribution is 5.93. The monoisotopic (exact) mass is 530 g/mol. The number of nitrogens with zero attached hydrogens (tertiary/aromatic N) is 3. The van der Waals surface area contributed by atoms with Gasteiger partial charge in [-0.25, -0.2) is 18.7 Å². The number of hydrogen-bond donors (Lipinski definition) is 1. The van der Waals surface area contributed by atoms with Crippen molar-refractivity contribution < 1.29 is 23.0 Å². The van der Waals surface area contributed by atoms with E-state index < -0.39 is 11.8 Å². The fourth-order valence-corrected chi connectivity index (χ4v) is 5.07. The highest BCUT2D eigenvalue weighted by atomic mass is 19.3. The largest absolute Gasteiger partial charge is 0.493 e. The summed E-state index contributed by atoms with van der Waals surface area (Å²) in [4.78, 5) is 23.5. The lowest BCUT2D eigenvalue weighted by Crippen LogP contribution is -2.42. The number of carbonyl (C=O) groups excluding carboxylic acids is 1. The number of amides is 1. The van der Waals surface area contributed by atoms with Crippen LogP contribution < -0.4 is 14.8 Å². The fourth-order valence-electron chi connectivity index (χ4n) is 5.07. The van der Waals surface area contributed by atoms with Crippen LogP contribution in [0.5, 0.6) is 11.5 Å². The number of carbonyl (C=O) groups is 1. The molecule has 2 aromatic heterocycles. The molecular formula is C29H40F2N4O3. The molecule has 5 rings (SSSR count). The van der Waals surface area contributed by atoms with Crippen molar-refractivity contribution in [3.63, 3.8) is 0 Å². The number of likely N-dealkylation sites (tertiary alicyclic amines) is 1. The third-order valence-electron chi connectivity index (χ3n) is 8.16. The van der Waals surface area contributed by atoms with Gasteiger partial charge in [0, 0.05) is 38.8 Å². The maximum Gasteiger partial charge on any atom is 0.272 e. The lowest BCUT2D eigenvalue weighted by Gasteiger charge is -2.35. The highest BCUT2D eigenvalue weighted by Crippen LogP contribution is 2.44. The Bertz CT molecular complexity index is 1100. The average molecular weight is 531 g/mol. The van der Waals surface area contributed by atoms with Crippen LogP contribution in [-0.4, -0.2) is 60.6 Å². The Balaban J connectivity index is 0.000000603. The van der Waals surface area contributed by atoms with Crippen molar-refractivity contribution in [3.8, 4) is 11.5 Å². The average Bonchev–Trinajstić information content (AvgIpc) is 2.91. The molecule has 1 unspecified atom stereocenters. The summed E-state index contributed by atoms with van der Waals surface area (Å²) in [5, 5.41) is 3.05. The van der Waals surface area contributed by atoms with E-state index in [0.29, 0.717) is 31.2 Å². The first-order chi connectivity index (χ1) is 18.2. The molecule has 3 heterocycles. The molecule has 3 aliphatic rings. The van der Waals surface area contributed by atoms with Crippen molar-refractivity contribution in [3.05, 3.63) is 41.3 Å². The van der Waals surface area contributed by atoms with Crippen molar-refractivity contribution in [1.29, 1.82) is 0 Å². The number of alkyl halides is 2. The Morgan fingerprint density at radius 3 is 2.32 bits per heavy atom. The minimum atomic E-state index is -2.67. The molecule has 1 aliphatic heterocycles. The van der Waals surface area contributed by atoms with Crippen LogP contribution in [0, 0.1) is 18.8 Å². The van der Waals surface area contributed by atoms with Crippen molar-refractivity contribution >= 4 is 11.7 Å². The van der Waals surface area contributed by atoms with Gasteiger partial charge in [0.25, 0.3) is 11.8 Å². The zero-order valence-corrected chi connectivity index (χ0v) is 22.9. The van der Waals surface area contributed by atoms with Gasteiger partial charge in [-0.1, -0.05) is 26.2 Å². The van der Waals surface area contributed by atoms with Gasteiger partial charge in [0.2, 0.25) is 0 Å². The van der Waals surface area contributed by atoms with Gasteiger partial charge in [-0.3, -0.25) is 4.79 Å². The molecule has 1 amide bonds. The van der Waals surface area contributed by atoms with E-state index in [9.17, 15) is 13.6 Å². The summed E-state index contributed by atoms with van der Waals surface area (Å²) in [5.74, 6) is -0.794. The van der Waals surface area contributed by atoms with Crippen LogP contribution in [0.3, 0.4) is 0 Å². The molecule has 2 saturated carbocycles. The van der Waals surface area contributed by atoms with Crippen LogP contribution in [0.1, 0.15) is 79.4 Å². The second kappa shape index (κ2) is 12.3. The van der Waals surface area contributed by atoms with E-state index in [1.54, 1.807) is 4.90 Å². The van der Waals surface area contributed by atoms with Gasteiger partial charge < -0.3 is 19.7 Å². The third-order valence-corrected chi connectivity index (χ3v) is 8.16. The predicted octanol–water partition coefficient (Wildman–Crippen LogP) is 6.09. The zero-order valence-electron chi connectivity index (χ0n) is 22.9. The van der Waals surface area contributed by atoms with E-state index in [2.05, 4.69) is 29.1 Å². The number of pyridine rings is 2. The molecule has 9 heteroatoms. The molecule has 208 valence electrons. The summed E-state index contributed by atoms with van der Waals surface area (Å²) in [6, 6.07) is 3.56. The number of aromatic nitrogens is 2. The molecule has 0 radical (unpaired) electrons. The topological polar surface area (TPSA) is 76.6 Å². The van der Waals surface area contributed by atoms with Crippen LogP contribution in [-0.2, 0) is 0 Å². The summed E-state index contributed by atoms with van der Waals surface area (Å²) < 4.78 is 37.8. The van der Waals surface area contributed by atoms with Gasteiger partial charge >= 0.3 is 0 Å². The fraction of sp³-hybridized carbons (Fsp3) is 0.621. The summed E-state index contributed by atoms with van der Waals surface area (Å²) in [6.45, 7) is 5.53. The van der Waals surface area contributed by atoms with Gasteiger partial charge in [-0.15, -0.1) is 0 Å². The lowest BCUT2D eigenvalue weighted by atomic mass is 9.81. The minimum absolute atomic E-state index is 0.0993. The lowest BCUT2D eigenvalue weighted by molar-refractivity contribution is -0.143. The molecule has 7 nitrogen and oxygen atoms in total. The molecule has 0 bridgehead atoms.